The van der Waals surface area contributed by atoms with Crippen LogP contribution in [0.3, 0.4) is 0 Å². The molecule has 1 heterocycles. The van der Waals surface area contributed by atoms with Crippen LogP contribution in [-0.4, -0.2) is 42.7 Å². The van der Waals surface area contributed by atoms with E-state index in [1.165, 1.54) is 0 Å². The first-order valence-electron chi connectivity index (χ1n) is 8.81. The van der Waals surface area contributed by atoms with E-state index in [1.54, 1.807) is 36.5 Å². The van der Waals surface area contributed by atoms with Crippen molar-refractivity contribution >= 4 is 5.91 Å². The molecule has 2 rings (SSSR count). The third-order valence-electron chi connectivity index (χ3n) is 3.65. The second-order valence-corrected chi connectivity index (χ2v) is 5.62. The highest BCUT2D eigenvalue weighted by molar-refractivity contribution is 5.95. The molecule has 0 saturated carbocycles. The van der Waals surface area contributed by atoms with Crippen LogP contribution in [0.25, 0.3) is 0 Å². The minimum Gasteiger partial charge on any atom is -0.490 e. The number of amides is 1. The zero-order chi connectivity index (χ0) is 18.9. The van der Waals surface area contributed by atoms with Crippen molar-refractivity contribution in [3.63, 3.8) is 0 Å². The molecule has 1 amide bonds. The Bertz CT molecular complexity index is 692. The van der Waals surface area contributed by atoms with E-state index < -0.39 is 0 Å². The van der Waals surface area contributed by atoms with Gasteiger partial charge in [-0.25, -0.2) is 0 Å². The molecule has 140 valence electrons. The molecular weight excluding hydrogens is 332 g/mol. The quantitative estimate of drug-likeness (QED) is 0.686. The van der Waals surface area contributed by atoms with Gasteiger partial charge in [0.05, 0.1) is 19.8 Å². The van der Waals surface area contributed by atoms with Crippen molar-refractivity contribution in [3.05, 3.63) is 47.8 Å². The highest BCUT2D eigenvalue weighted by Gasteiger charge is 2.20. The van der Waals surface area contributed by atoms with Gasteiger partial charge in [-0.1, -0.05) is 6.07 Å². The summed E-state index contributed by atoms with van der Waals surface area (Å²) < 4.78 is 17.0. The summed E-state index contributed by atoms with van der Waals surface area (Å²) in [5.74, 6) is 1.43. The van der Waals surface area contributed by atoms with Gasteiger partial charge in [0.2, 0.25) is 5.75 Å². The topological polar surface area (TPSA) is 60.9 Å². The molecule has 1 aromatic carbocycles. The van der Waals surface area contributed by atoms with E-state index in [0.717, 1.165) is 5.56 Å². The van der Waals surface area contributed by atoms with E-state index in [-0.39, 0.29) is 5.91 Å². The van der Waals surface area contributed by atoms with Crippen LogP contribution in [-0.2, 0) is 6.54 Å². The summed E-state index contributed by atoms with van der Waals surface area (Å²) in [5, 5.41) is 0. The summed E-state index contributed by atoms with van der Waals surface area (Å²) in [6.07, 6.45) is 3.46. The Morgan fingerprint density at radius 3 is 2.15 bits per heavy atom. The van der Waals surface area contributed by atoms with Crippen molar-refractivity contribution in [2.75, 3.05) is 26.9 Å². The molecule has 0 bridgehead atoms. The fraction of sp³-hybridized carbons (Fsp3) is 0.400. The lowest BCUT2D eigenvalue weighted by Gasteiger charge is -2.20. The second-order valence-electron chi connectivity index (χ2n) is 5.62. The largest absolute Gasteiger partial charge is 0.490 e. The van der Waals surface area contributed by atoms with Crippen LogP contribution in [0.15, 0.2) is 36.7 Å². The smallest absolute Gasteiger partial charge is 0.254 e. The van der Waals surface area contributed by atoms with Gasteiger partial charge in [0.1, 0.15) is 0 Å². The molecule has 0 aliphatic rings. The molecule has 0 aliphatic heterocycles. The lowest BCUT2D eigenvalue weighted by Crippen LogP contribution is -2.26. The first-order valence-corrected chi connectivity index (χ1v) is 8.81. The monoisotopic (exact) mass is 358 g/mol. The number of hydrogen-bond donors (Lipinski definition) is 0. The molecule has 0 spiro atoms. The minimum atomic E-state index is -0.126. The minimum absolute atomic E-state index is 0.126. The van der Waals surface area contributed by atoms with Gasteiger partial charge in [0, 0.05) is 31.5 Å². The molecular formula is C20H26N2O4. The molecule has 2 aromatic rings. The molecule has 0 aliphatic carbocycles. The fourth-order valence-electron chi connectivity index (χ4n) is 2.57. The van der Waals surface area contributed by atoms with Crippen molar-refractivity contribution in [1.29, 1.82) is 0 Å². The average molecular weight is 358 g/mol. The molecule has 0 radical (unpaired) electrons. The number of benzene rings is 1. The third-order valence-corrected chi connectivity index (χ3v) is 3.65. The molecule has 26 heavy (non-hydrogen) atoms. The second kappa shape index (κ2) is 9.65. The average Bonchev–Trinajstić information content (AvgIpc) is 2.64. The maximum absolute atomic E-state index is 12.9. The summed E-state index contributed by atoms with van der Waals surface area (Å²) in [7, 11) is 1.76. The maximum Gasteiger partial charge on any atom is 0.254 e. The van der Waals surface area contributed by atoms with Crippen molar-refractivity contribution < 1.29 is 19.0 Å². The first kappa shape index (κ1) is 19.6. The van der Waals surface area contributed by atoms with E-state index in [4.69, 9.17) is 14.2 Å². The fourth-order valence-corrected chi connectivity index (χ4v) is 2.57. The van der Waals surface area contributed by atoms with Crippen molar-refractivity contribution in [2.24, 2.45) is 0 Å². The Balaban J connectivity index is 2.32. The lowest BCUT2D eigenvalue weighted by molar-refractivity contribution is 0.0784. The molecule has 6 nitrogen and oxygen atoms in total. The van der Waals surface area contributed by atoms with Crippen LogP contribution < -0.4 is 14.2 Å². The standard InChI is InChI=1S/C20H26N2O4/c1-5-24-17-11-16(12-18(25-6-2)19(17)26-7-3)20(23)22(4)14-15-9-8-10-21-13-15/h8-13H,5-7,14H2,1-4H3. The number of nitrogens with zero attached hydrogens (tertiary/aromatic N) is 2. The van der Waals surface area contributed by atoms with Gasteiger partial charge in [-0.2, -0.15) is 0 Å². The van der Waals surface area contributed by atoms with Crippen LogP contribution in [0.2, 0.25) is 0 Å². The normalized spacial score (nSPS) is 10.3. The number of pyridine rings is 1. The predicted octanol–water partition coefficient (Wildman–Crippen LogP) is 3.55. The van der Waals surface area contributed by atoms with Gasteiger partial charge in [-0.3, -0.25) is 9.78 Å². The van der Waals surface area contributed by atoms with Crippen molar-refractivity contribution in [3.8, 4) is 17.2 Å². The number of hydrogen-bond acceptors (Lipinski definition) is 5. The van der Waals surface area contributed by atoms with Gasteiger partial charge in [-0.05, 0) is 44.5 Å². The molecule has 0 atom stereocenters. The molecule has 0 saturated heterocycles. The zero-order valence-corrected chi connectivity index (χ0v) is 15.8. The molecule has 6 heteroatoms. The summed E-state index contributed by atoms with van der Waals surface area (Å²) in [6.45, 7) is 7.55. The summed E-state index contributed by atoms with van der Waals surface area (Å²) >= 11 is 0. The van der Waals surface area contributed by atoms with Crippen LogP contribution >= 0.6 is 0 Å². The third kappa shape index (κ3) is 4.88. The molecule has 0 N–H and O–H groups in total. The molecule has 0 fully saturated rings. The SMILES string of the molecule is CCOc1cc(C(=O)N(C)Cc2cccnc2)cc(OCC)c1OCC. The number of rotatable bonds is 9. The summed E-state index contributed by atoms with van der Waals surface area (Å²) in [6, 6.07) is 7.20. The maximum atomic E-state index is 12.9. The highest BCUT2D eigenvalue weighted by Crippen LogP contribution is 2.39. The van der Waals surface area contributed by atoms with E-state index in [1.807, 2.05) is 32.9 Å². The Hall–Kier alpha value is -2.76. The Morgan fingerprint density at radius 1 is 1.04 bits per heavy atom. The number of carbonyl (C=O) groups excluding carboxylic acids is 1. The Morgan fingerprint density at radius 2 is 1.65 bits per heavy atom. The van der Waals surface area contributed by atoms with Crippen molar-refractivity contribution in [1.82, 2.24) is 9.88 Å². The number of ether oxygens (including phenoxy) is 3. The Labute approximate surface area is 154 Å². The summed E-state index contributed by atoms with van der Waals surface area (Å²) in [5.41, 5.74) is 1.45. The molecule has 0 unspecified atom stereocenters. The lowest BCUT2D eigenvalue weighted by atomic mass is 10.1. The Kier molecular flexibility index (Phi) is 7.26. The zero-order valence-electron chi connectivity index (χ0n) is 15.8. The van der Waals surface area contributed by atoms with Gasteiger partial charge >= 0.3 is 0 Å². The van der Waals surface area contributed by atoms with Gasteiger partial charge in [-0.15, -0.1) is 0 Å². The van der Waals surface area contributed by atoms with Crippen LogP contribution in [0.5, 0.6) is 17.2 Å². The van der Waals surface area contributed by atoms with Crippen LogP contribution in [0.1, 0.15) is 36.7 Å². The van der Waals surface area contributed by atoms with E-state index in [2.05, 4.69) is 4.98 Å². The van der Waals surface area contributed by atoms with E-state index >= 15 is 0 Å². The van der Waals surface area contributed by atoms with Crippen molar-refractivity contribution in [2.45, 2.75) is 27.3 Å². The van der Waals surface area contributed by atoms with E-state index in [0.29, 0.717) is 49.2 Å². The first-order chi connectivity index (χ1) is 12.6. The van der Waals surface area contributed by atoms with Gasteiger partial charge < -0.3 is 19.1 Å². The van der Waals surface area contributed by atoms with Crippen LogP contribution in [0, 0.1) is 0 Å². The molecule has 1 aromatic heterocycles. The van der Waals surface area contributed by atoms with Gasteiger partial charge in [0.15, 0.2) is 11.5 Å². The number of aromatic nitrogens is 1. The summed E-state index contributed by atoms with van der Waals surface area (Å²) in [4.78, 5) is 18.6. The van der Waals surface area contributed by atoms with Crippen LogP contribution in [0.4, 0.5) is 0 Å². The van der Waals surface area contributed by atoms with Gasteiger partial charge in [0.25, 0.3) is 5.91 Å². The van der Waals surface area contributed by atoms with E-state index in [9.17, 15) is 4.79 Å². The number of carbonyl (C=O) groups is 1. The predicted molar refractivity (Wildman–Crippen MR) is 100.0 cm³/mol. The highest BCUT2D eigenvalue weighted by atomic mass is 16.5.